The van der Waals surface area contributed by atoms with Crippen LogP contribution in [0.4, 0.5) is 39.5 Å². The number of rotatable bonds is 8. The Morgan fingerprint density at radius 1 is 0.667 bits per heavy atom. The zero-order chi connectivity index (χ0) is 30.6. The first-order valence-electron chi connectivity index (χ1n) is 12.3. The lowest BCUT2D eigenvalue weighted by Gasteiger charge is -2.19. The Bertz CT molecular complexity index is 1600. The van der Waals surface area contributed by atoms with E-state index in [9.17, 15) is 39.5 Å². The SMILES string of the molecule is CCCCOc1cc(F)c(C#Cc2ccc(C(F)(F)Oc3cc(F)c(-c4cc(F)c(F)c(F)c4)c(F)c3)cc2)c(F)c1. The van der Waals surface area contributed by atoms with Crippen LogP contribution in [-0.4, -0.2) is 6.61 Å². The average molecular weight is 594 g/mol. The Morgan fingerprint density at radius 2 is 1.21 bits per heavy atom. The molecule has 0 bridgehead atoms. The van der Waals surface area contributed by atoms with Crippen molar-refractivity contribution in [3.05, 3.63) is 118 Å². The molecule has 0 unspecified atom stereocenters. The van der Waals surface area contributed by atoms with Gasteiger partial charge in [-0.05, 0) is 48.4 Å². The molecule has 0 radical (unpaired) electrons. The summed E-state index contributed by atoms with van der Waals surface area (Å²) in [7, 11) is 0. The van der Waals surface area contributed by atoms with Gasteiger partial charge in [0.15, 0.2) is 17.5 Å². The summed E-state index contributed by atoms with van der Waals surface area (Å²) in [4.78, 5) is 0. The van der Waals surface area contributed by atoms with E-state index in [1.807, 2.05) is 6.92 Å². The highest BCUT2D eigenvalue weighted by molar-refractivity contribution is 5.66. The summed E-state index contributed by atoms with van der Waals surface area (Å²) < 4.78 is 137. The van der Waals surface area contributed by atoms with E-state index in [2.05, 4.69) is 16.6 Å². The van der Waals surface area contributed by atoms with Crippen LogP contribution in [0, 0.1) is 52.6 Å². The van der Waals surface area contributed by atoms with Crippen LogP contribution in [0.5, 0.6) is 11.5 Å². The van der Waals surface area contributed by atoms with Crippen LogP contribution in [0.25, 0.3) is 11.1 Å². The van der Waals surface area contributed by atoms with Gasteiger partial charge < -0.3 is 9.47 Å². The van der Waals surface area contributed by atoms with Gasteiger partial charge in [-0.1, -0.05) is 25.2 Å². The van der Waals surface area contributed by atoms with Gasteiger partial charge >= 0.3 is 6.11 Å². The molecule has 4 aromatic carbocycles. The van der Waals surface area contributed by atoms with E-state index in [-0.39, 0.29) is 17.9 Å². The third kappa shape index (κ3) is 6.82. The minimum atomic E-state index is -4.12. The molecule has 4 rings (SSSR count). The zero-order valence-corrected chi connectivity index (χ0v) is 21.6. The van der Waals surface area contributed by atoms with Crippen LogP contribution >= 0.6 is 0 Å². The Labute approximate surface area is 234 Å². The van der Waals surface area contributed by atoms with Crippen molar-refractivity contribution >= 4 is 0 Å². The van der Waals surface area contributed by atoms with Crippen LogP contribution < -0.4 is 9.47 Å². The summed E-state index contributed by atoms with van der Waals surface area (Å²) in [5, 5.41) is 0. The van der Waals surface area contributed by atoms with Crippen molar-refractivity contribution < 1.29 is 49.0 Å². The zero-order valence-electron chi connectivity index (χ0n) is 21.6. The first-order chi connectivity index (χ1) is 19.9. The summed E-state index contributed by atoms with van der Waals surface area (Å²) in [6.45, 7) is 2.22. The van der Waals surface area contributed by atoms with Crippen LogP contribution in [-0.2, 0) is 6.11 Å². The smallest absolute Gasteiger partial charge is 0.426 e. The minimum Gasteiger partial charge on any atom is -0.493 e. The lowest BCUT2D eigenvalue weighted by atomic mass is 10.0. The quantitative estimate of drug-likeness (QED) is 0.0878. The molecule has 0 N–H and O–H groups in total. The number of hydrogen-bond donors (Lipinski definition) is 0. The summed E-state index contributed by atoms with van der Waals surface area (Å²) in [5.41, 5.74) is -2.89. The maximum absolute atomic E-state index is 14.8. The number of alkyl halides is 2. The van der Waals surface area contributed by atoms with Crippen molar-refractivity contribution in [1.29, 1.82) is 0 Å². The molecule has 4 aromatic rings. The second-order valence-corrected chi connectivity index (χ2v) is 8.93. The Kier molecular flexibility index (Phi) is 9.05. The van der Waals surface area contributed by atoms with E-state index in [0.717, 1.165) is 42.8 Å². The second kappa shape index (κ2) is 12.5. The molecule has 11 heteroatoms. The highest BCUT2D eigenvalue weighted by Crippen LogP contribution is 2.36. The normalized spacial score (nSPS) is 11.2. The molecule has 2 nitrogen and oxygen atoms in total. The van der Waals surface area contributed by atoms with Crippen LogP contribution in [0.15, 0.2) is 60.7 Å². The van der Waals surface area contributed by atoms with Crippen LogP contribution in [0.2, 0.25) is 0 Å². The topological polar surface area (TPSA) is 18.5 Å². The minimum absolute atomic E-state index is 0.00300. The van der Waals surface area contributed by atoms with Crippen LogP contribution in [0.3, 0.4) is 0 Å². The molecule has 218 valence electrons. The van der Waals surface area contributed by atoms with Gasteiger partial charge in [0, 0.05) is 29.8 Å². The third-order valence-electron chi connectivity index (χ3n) is 5.87. The van der Waals surface area contributed by atoms with Gasteiger partial charge in [0.2, 0.25) is 0 Å². The standard InChI is InChI=1S/C31H19F9O2/c1-2-3-10-41-20-13-23(32)22(24(33)14-20)9-6-17-4-7-19(8-5-17)31(39,40)42-21-15-25(34)29(26(35)16-21)18-11-27(36)30(38)28(37)12-18/h4-5,7-8,11-16H,2-3,10H2,1H3. The van der Waals surface area contributed by atoms with Crippen molar-refractivity contribution in [1.82, 2.24) is 0 Å². The molecular formula is C31H19F9O2. The van der Waals surface area contributed by atoms with Crippen molar-refractivity contribution in [2.45, 2.75) is 25.9 Å². The first kappa shape index (κ1) is 30.4. The second-order valence-electron chi connectivity index (χ2n) is 8.93. The molecule has 0 fully saturated rings. The number of ether oxygens (including phenoxy) is 2. The van der Waals surface area contributed by atoms with Crippen LogP contribution in [0.1, 0.15) is 36.5 Å². The van der Waals surface area contributed by atoms with Gasteiger partial charge in [-0.2, -0.15) is 8.78 Å². The number of halogens is 9. The maximum Gasteiger partial charge on any atom is 0.426 e. The van der Waals surface area contributed by atoms with Gasteiger partial charge in [-0.3, -0.25) is 0 Å². The van der Waals surface area contributed by atoms with E-state index in [1.54, 1.807) is 0 Å². The van der Waals surface area contributed by atoms with E-state index >= 15 is 0 Å². The molecule has 0 aromatic heterocycles. The highest BCUT2D eigenvalue weighted by Gasteiger charge is 2.35. The first-order valence-corrected chi connectivity index (χ1v) is 12.3. The largest absolute Gasteiger partial charge is 0.493 e. The number of unbranched alkanes of at least 4 members (excludes halogenated alkanes) is 1. The Hall–Kier alpha value is -4.59. The lowest BCUT2D eigenvalue weighted by molar-refractivity contribution is -0.185. The van der Waals surface area contributed by atoms with E-state index in [4.69, 9.17) is 4.74 Å². The molecule has 0 saturated heterocycles. The van der Waals surface area contributed by atoms with Crippen molar-refractivity contribution in [3.63, 3.8) is 0 Å². The number of benzene rings is 4. The fourth-order valence-corrected chi connectivity index (χ4v) is 3.76. The summed E-state index contributed by atoms with van der Waals surface area (Å²) >= 11 is 0. The van der Waals surface area contributed by atoms with Gasteiger partial charge in [-0.15, -0.1) is 0 Å². The Morgan fingerprint density at radius 3 is 1.76 bits per heavy atom. The van der Waals surface area contributed by atoms with Gasteiger partial charge in [0.25, 0.3) is 0 Å². The fourth-order valence-electron chi connectivity index (χ4n) is 3.76. The molecule has 0 spiro atoms. The molecule has 0 heterocycles. The van der Waals surface area contributed by atoms with Gasteiger partial charge in [0.05, 0.1) is 23.3 Å². The van der Waals surface area contributed by atoms with E-state index in [1.165, 1.54) is 0 Å². The lowest BCUT2D eigenvalue weighted by Crippen LogP contribution is -2.22. The monoisotopic (exact) mass is 594 g/mol. The van der Waals surface area contributed by atoms with Gasteiger partial charge in [-0.25, -0.2) is 30.7 Å². The van der Waals surface area contributed by atoms with Crippen molar-refractivity contribution in [2.75, 3.05) is 6.61 Å². The third-order valence-corrected chi connectivity index (χ3v) is 5.87. The summed E-state index contributed by atoms with van der Waals surface area (Å²) in [6, 6.07) is 7.39. The fraction of sp³-hybridized carbons (Fsp3) is 0.161. The molecular weight excluding hydrogens is 575 g/mol. The predicted octanol–water partition coefficient (Wildman–Crippen LogP) is 9.03. The van der Waals surface area contributed by atoms with E-state index < -0.39 is 74.8 Å². The predicted molar refractivity (Wildman–Crippen MR) is 135 cm³/mol. The molecule has 0 atom stereocenters. The average Bonchev–Trinajstić information content (AvgIpc) is 2.91. The summed E-state index contributed by atoms with van der Waals surface area (Å²) in [6.07, 6.45) is -2.58. The summed E-state index contributed by atoms with van der Waals surface area (Å²) in [5.74, 6) is -6.39. The van der Waals surface area contributed by atoms with E-state index in [0.29, 0.717) is 30.7 Å². The molecule has 0 aliphatic heterocycles. The molecule has 0 aliphatic rings. The number of hydrogen-bond acceptors (Lipinski definition) is 2. The van der Waals surface area contributed by atoms with Gasteiger partial charge in [0.1, 0.15) is 34.8 Å². The van der Waals surface area contributed by atoms with Crippen molar-refractivity contribution in [3.8, 4) is 34.5 Å². The highest BCUT2D eigenvalue weighted by atomic mass is 19.3. The maximum atomic E-state index is 14.8. The molecule has 0 amide bonds. The molecule has 0 aliphatic carbocycles. The Balaban J connectivity index is 1.51. The van der Waals surface area contributed by atoms with Crippen molar-refractivity contribution in [2.24, 2.45) is 0 Å². The molecule has 42 heavy (non-hydrogen) atoms. The molecule has 0 saturated carbocycles.